The third-order valence-corrected chi connectivity index (χ3v) is 6.54. The van der Waals surface area contributed by atoms with Crippen molar-refractivity contribution in [2.75, 3.05) is 19.7 Å². The molecule has 2 aromatic heterocycles. The second-order valence-electron chi connectivity index (χ2n) is 8.10. The van der Waals surface area contributed by atoms with Gasteiger partial charge in [0.15, 0.2) is 5.65 Å². The van der Waals surface area contributed by atoms with E-state index in [4.69, 9.17) is 0 Å². The molecule has 1 amide bonds. The van der Waals surface area contributed by atoms with Crippen LogP contribution in [0.3, 0.4) is 0 Å². The molecule has 5 rings (SSSR count). The van der Waals surface area contributed by atoms with Gasteiger partial charge in [-0.05, 0) is 24.3 Å². The van der Waals surface area contributed by atoms with Gasteiger partial charge in [-0.25, -0.2) is 9.50 Å². The minimum Gasteiger partial charge on any atom is -0.396 e. The number of amides is 1. The highest BCUT2D eigenvalue weighted by atomic mass is 16.3. The molecule has 2 fully saturated rings. The van der Waals surface area contributed by atoms with E-state index in [0.29, 0.717) is 12.2 Å². The lowest BCUT2D eigenvalue weighted by Gasteiger charge is -2.16. The molecule has 3 aromatic rings. The van der Waals surface area contributed by atoms with Gasteiger partial charge in [0.2, 0.25) is 0 Å². The largest absolute Gasteiger partial charge is 0.396 e. The molecule has 0 unspecified atom stereocenters. The second kappa shape index (κ2) is 6.27. The average Bonchev–Trinajstić information content (AvgIpc) is 2.99. The molecule has 4 atom stereocenters. The van der Waals surface area contributed by atoms with Crippen LogP contribution in [0, 0.1) is 18.3 Å². The van der Waals surface area contributed by atoms with E-state index >= 15 is 0 Å². The molecule has 3 N–H and O–H groups in total. The molecule has 1 spiro atoms. The number of aromatic nitrogens is 3. The van der Waals surface area contributed by atoms with Crippen LogP contribution in [0.25, 0.3) is 5.65 Å². The number of nitrogens with zero attached hydrogens (tertiary/aromatic N) is 3. The van der Waals surface area contributed by atoms with Crippen molar-refractivity contribution in [2.45, 2.75) is 18.9 Å². The first-order valence-corrected chi connectivity index (χ1v) is 9.68. The number of hydrogen-bond donors (Lipinski definition) is 3. The molecule has 3 heterocycles. The van der Waals surface area contributed by atoms with Crippen LogP contribution in [0.4, 0.5) is 0 Å². The zero-order valence-electron chi connectivity index (χ0n) is 15.9. The summed E-state index contributed by atoms with van der Waals surface area (Å²) in [4.78, 5) is 31.6. The first-order chi connectivity index (χ1) is 14.0. The number of aliphatic hydroxyl groups excluding tert-OH is 2. The lowest BCUT2D eigenvalue weighted by molar-refractivity contribution is 0.0761. The Labute approximate surface area is 166 Å². The van der Waals surface area contributed by atoms with E-state index in [1.54, 1.807) is 6.07 Å². The Morgan fingerprint density at radius 3 is 2.83 bits per heavy atom. The molecule has 1 aliphatic heterocycles. The van der Waals surface area contributed by atoms with E-state index in [2.05, 4.69) is 10.1 Å². The van der Waals surface area contributed by atoms with Crippen molar-refractivity contribution in [1.82, 2.24) is 19.5 Å². The van der Waals surface area contributed by atoms with Crippen molar-refractivity contribution in [3.05, 3.63) is 69.8 Å². The van der Waals surface area contributed by atoms with Gasteiger partial charge in [0.25, 0.3) is 11.5 Å². The minimum atomic E-state index is -0.763. The standard InChI is InChI=1S/C21H22N4O4/c1-12-7-17-22-8-14(20(29)25(17)23-12)19(28)24-9-16(27)21(11-24)15(10-26)18(21)13-5-3-2-4-6-13/h2-8,15-16,18,23,26-27H,9-11H2,1H3/t15-,16+,18-,21-/m1/s1. The first kappa shape index (κ1) is 18.1. The van der Waals surface area contributed by atoms with Crippen LogP contribution >= 0.6 is 0 Å². The Morgan fingerprint density at radius 2 is 2.10 bits per heavy atom. The summed E-state index contributed by atoms with van der Waals surface area (Å²) in [7, 11) is 0. The van der Waals surface area contributed by atoms with E-state index < -0.39 is 23.0 Å². The predicted molar refractivity (Wildman–Crippen MR) is 105 cm³/mol. The average molecular weight is 394 g/mol. The lowest BCUT2D eigenvalue weighted by atomic mass is 9.95. The number of carbonyl (C=O) groups excluding carboxylic acids is 1. The van der Waals surface area contributed by atoms with Crippen molar-refractivity contribution >= 4 is 11.6 Å². The number of benzene rings is 1. The van der Waals surface area contributed by atoms with Gasteiger partial charge < -0.3 is 15.1 Å². The number of fused-ring (bicyclic) bond motifs is 1. The summed E-state index contributed by atoms with van der Waals surface area (Å²) in [5.74, 6) is -0.588. The highest BCUT2D eigenvalue weighted by Crippen LogP contribution is 2.68. The smallest absolute Gasteiger partial charge is 0.285 e. The Kier molecular flexibility index (Phi) is 3.91. The van der Waals surface area contributed by atoms with Gasteiger partial charge in [0.1, 0.15) is 5.56 Å². The SMILES string of the molecule is Cc1cc2ncc(C(=O)N3C[C@H](O)[C@@]4(C3)[C@H](CO)[C@H]4c3ccccc3)c(=O)n2[nH]1. The van der Waals surface area contributed by atoms with Crippen LogP contribution in [-0.4, -0.2) is 61.4 Å². The van der Waals surface area contributed by atoms with E-state index in [9.17, 15) is 19.8 Å². The highest BCUT2D eigenvalue weighted by molar-refractivity contribution is 5.94. The van der Waals surface area contributed by atoms with Gasteiger partial charge >= 0.3 is 0 Å². The molecule has 1 aromatic carbocycles. The number of carbonyl (C=O) groups is 1. The summed E-state index contributed by atoms with van der Waals surface area (Å²) in [6, 6.07) is 11.5. The number of likely N-dealkylation sites (tertiary alicyclic amines) is 1. The summed E-state index contributed by atoms with van der Waals surface area (Å²) < 4.78 is 1.26. The predicted octanol–water partition coefficient (Wildman–Crippen LogP) is 0.540. The van der Waals surface area contributed by atoms with Crippen molar-refractivity contribution in [3.8, 4) is 0 Å². The third-order valence-electron chi connectivity index (χ3n) is 6.54. The van der Waals surface area contributed by atoms with E-state index in [1.165, 1.54) is 15.6 Å². The molecule has 150 valence electrons. The maximum absolute atomic E-state index is 13.1. The van der Waals surface area contributed by atoms with Crippen LogP contribution in [0.2, 0.25) is 0 Å². The van der Waals surface area contributed by atoms with E-state index in [-0.39, 0.29) is 30.6 Å². The van der Waals surface area contributed by atoms with E-state index in [0.717, 1.165) is 11.3 Å². The van der Waals surface area contributed by atoms with Gasteiger partial charge in [0, 0.05) is 43.1 Å². The third kappa shape index (κ3) is 2.49. The number of hydrogen-bond acceptors (Lipinski definition) is 5. The molecule has 2 aliphatic rings. The van der Waals surface area contributed by atoms with Crippen molar-refractivity contribution < 1.29 is 15.0 Å². The quantitative estimate of drug-likeness (QED) is 0.601. The summed E-state index contributed by atoms with van der Waals surface area (Å²) in [6.07, 6.45) is 0.538. The molecule has 8 nitrogen and oxygen atoms in total. The Bertz CT molecular complexity index is 1150. The van der Waals surface area contributed by atoms with E-state index in [1.807, 2.05) is 37.3 Å². The topological polar surface area (TPSA) is 111 Å². The van der Waals surface area contributed by atoms with Gasteiger partial charge in [-0.15, -0.1) is 0 Å². The van der Waals surface area contributed by atoms with Crippen molar-refractivity contribution in [1.29, 1.82) is 0 Å². The molecule has 29 heavy (non-hydrogen) atoms. The number of nitrogens with one attached hydrogen (secondary N) is 1. The summed E-state index contributed by atoms with van der Waals surface area (Å²) in [5, 5.41) is 23.6. The fourth-order valence-corrected chi connectivity index (χ4v) is 5.12. The number of aliphatic hydroxyl groups is 2. The maximum atomic E-state index is 13.1. The fraction of sp³-hybridized carbons (Fsp3) is 0.381. The number of β-amino-alcohol motifs (C(OH)–C–C–N with tert-alkyl or cyclic N) is 1. The zero-order valence-corrected chi connectivity index (χ0v) is 15.9. The van der Waals surface area contributed by atoms with Gasteiger partial charge in [-0.1, -0.05) is 30.3 Å². The second-order valence-corrected chi connectivity index (χ2v) is 8.10. The Balaban J connectivity index is 1.46. The molecule has 8 heteroatoms. The molecule has 0 bridgehead atoms. The van der Waals surface area contributed by atoms with Gasteiger partial charge in [-0.2, -0.15) is 0 Å². The Morgan fingerprint density at radius 1 is 1.34 bits per heavy atom. The highest BCUT2D eigenvalue weighted by Gasteiger charge is 2.71. The van der Waals surface area contributed by atoms with Crippen LogP contribution < -0.4 is 5.56 Å². The number of aryl methyl sites for hydroxylation is 1. The summed E-state index contributed by atoms with van der Waals surface area (Å²) in [6.45, 7) is 2.17. The number of rotatable bonds is 3. The van der Waals surface area contributed by atoms with Crippen LogP contribution in [0.1, 0.15) is 27.5 Å². The molecule has 1 aliphatic carbocycles. The van der Waals surface area contributed by atoms with Crippen LogP contribution in [0.5, 0.6) is 0 Å². The fourth-order valence-electron chi connectivity index (χ4n) is 5.12. The van der Waals surface area contributed by atoms with Crippen LogP contribution in [-0.2, 0) is 0 Å². The first-order valence-electron chi connectivity index (χ1n) is 9.68. The van der Waals surface area contributed by atoms with Gasteiger partial charge in [0.05, 0.1) is 6.10 Å². The number of aromatic amines is 1. The molecular weight excluding hydrogens is 372 g/mol. The minimum absolute atomic E-state index is 0.0192. The zero-order chi connectivity index (χ0) is 20.3. The molecular formula is C21H22N4O4. The molecule has 1 saturated carbocycles. The lowest BCUT2D eigenvalue weighted by Crippen LogP contribution is -2.35. The monoisotopic (exact) mass is 394 g/mol. The Hall–Kier alpha value is -2.97. The maximum Gasteiger partial charge on any atom is 0.285 e. The molecule has 1 saturated heterocycles. The normalized spacial score (nSPS) is 28.4. The van der Waals surface area contributed by atoms with Crippen LogP contribution in [0.15, 0.2) is 47.4 Å². The van der Waals surface area contributed by atoms with Gasteiger partial charge in [-0.3, -0.25) is 14.7 Å². The summed E-state index contributed by atoms with van der Waals surface area (Å²) in [5.41, 5.74) is 1.19. The number of H-pyrrole nitrogens is 1. The summed E-state index contributed by atoms with van der Waals surface area (Å²) >= 11 is 0. The molecule has 0 radical (unpaired) electrons. The van der Waals surface area contributed by atoms with Crippen molar-refractivity contribution in [3.63, 3.8) is 0 Å². The van der Waals surface area contributed by atoms with Crippen molar-refractivity contribution in [2.24, 2.45) is 11.3 Å².